The summed E-state index contributed by atoms with van der Waals surface area (Å²) in [6, 6.07) is 13.0. The SMILES string of the molecule is COc1ccc(C(O)=C2C(=O)C(=O)N(c3cc(C)on3)[C@H]2c2ccc(Br)cc2)cc1C. The first-order valence-electron chi connectivity index (χ1n) is 9.46. The Morgan fingerprint density at radius 2 is 1.84 bits per heavy atom. The molecule has 1 saturated heterocycles. The average molecular weight is 483 g/mol. The Hall–Kier alpha value is -3.39. The zero-order valence-electron chi connectivity index (χ0n) is 17.0. The number of aromatic nitrogens is 1. The Labute approximate surface area is 187 Å². The van der Waals surface area contributed by atoms with E-state index in [0.29, 0.717) is 22.6 Å². The molecule has 3 aromatic rings. The average Bonchev–Trinajstić information content (AvgIpc) is 3.29. The molecule has 2 aromatic carbocycles. The van der Waals surface area contributed by atoms with Crippen LogP contribution in [0.3, 0.4) is 0 Å². The lowest BCUT2D eigenvalue weighted by Gasteiger charge is -2.23. The van der Waals surface area contributed by atoms with Crippen LogP contribution in [0.2, 0.25) is 0 Å². The molecule has 1 fully saturated rings. The molecule has 31 heavy (non-hydrogen) atoms. The van der Waals surface area contributed by atoms with Gasteiger partial charge in [0.25, 0.3) is 5.78 Å². The van der Waals surface area contributed by atoms with Crippen LogP contribution in [0.5, 0.6) is 5.75 Å². The van der Waals surface area contributed by atoms with E-state index in [1.165, 1.54) is 4.90 Å². The van der Waals surface area contributed by atoms with Crippen LogP contribution in [-0.4, -0.2) is 29.1 Å². The summed E-state index contributed by atoms with van der Waals surface area (Å²) < 4.78 is 11.2. The van der Waals surface area contributed by atoms with Gasteiger partial charge in [-0.2, -0.15) is 0 Å². The van der Waals surface area contributed by atoms with Crippen LogP contribution in [0.4, 0.5) is 5.82 Å². The Morgan fingerprint density at radius 3 is 2.42 bits per heavy atom. The van der Waals surface area contributed by atoms with Crippen molar-refractivity contribution in [3.05, 3.63) is 81.0 Å². The fraction of sp³-hybridized carbons (Fsp3) is 0.174. The van der Waals surface area contributed by atoms with E-state index in [4.69, 9.17) is 9.26 Å². The monoisotopic (exact) mass is 482 g/mol. The van der Waals surface area contributed by atoms with E-state index in [0.717, 1.165) is 10.0 Å². The summed E-state index contributed by atoms with van der Waals surface area (Å²) in [7, 11) is 1.56. The van der Waals surface area contributed by atoms with Crippen LogP contribution < -0.4 is 9.64 Å². The quantitative estimate of drug-likeness (QED) is 0.329. The zero-order chi connectivity index (χ0) is 22.3. The molecule has 1 aromatic heterocycles. The predicted octanol–water partition coefficient (Wildman–Crippen LogP) is 4.69. The maximum atomic E-state index is 13.1. The summed E-state index contributed by atoms with van der Waals surface area (Å²) in [6.45, 7) is 3.53. The number of nitrogens with zero attached hydrogens (tertiary/aromatic N) is 2. The first-order chi connectivity index (χ1) is 14.8. The lowest BCUT2D eigenvalue weighted by atomic mass is 9.95. The zero-order valence-corrected chi connectivity index (χ0v) is 18.6. The number of halogens is 1. The first kappa shape index (κ1) is 20.9. The van der Waals surface area contributed by atoms with Gasteiger partial charge in [0.1, 0.15) is 17.3 Å². The first-order valence-corrected chi connectivity index (χ1v) is 10.3. The van der Waals surface area contributed by atoms with Crippen LogP contribution in [0.25, 0.3) is 5.76 Å². The molecule has 0 spiro atoms. The van der Waals surface area contributed by atoms with Gasteiger partial charge in [-0.1, -0.05) is 33.2 Å². The van der Waals surface area contributed by atoms with Crippen LogP contribution in [0.1, 0.15) is 28.5 Å². The summed E-state index contributed by atoms with van der Waals surface area (Å²) in [6.07, 6.45) is 0. The molecule has 0 bridgehead atoms. The van der Waals surface area contributed by atoms with Crippen LogP contribution in [0.15, 0.2) is 63.1 Å². The van der Waals surface area contributed by atoms with Gasteiger partial charge in [-0.15, -0.1) is 0 Å². The number of ether oxygens (including phenoxy) is 1. The number of hydrogen-bond acceptors (Lipinski definition) is 6. The molecule has 0 unspecified atom stereocenters. The van der Waals surface area contributed by atoms with Gasteiger partial charge < -0.3 is 14.4 Å². The van der Waals surface area contributed by atoms with Gasteiger partial charge in [-0.05, 0) is 55.3 Å². The highest BCUT2D eigenvalue weighted by Crippen LogP contribution is 2.42. The summed E-state index contributed by atoms with van der Waals surface area (Å²) in [5.74, 6) is -0.485. The number of amides is 1. The Bertz CT molecular complexity index is 1210. The highest BCUT2D eigenvalue weighted by molar-refractivity contribution is 9.10. The minimum absolute atomic E-state index is 0.0162. The molecular formula is C23H19BrN2O5. The molecule has 4 rings (SSSR count). The number of carbonyl (C=O) groups excluding carboxylic acids is 2. The standard InChI is InChI=1S/C23H19BrN2O5/c1-12-10-15(6-9-17(12)30-3)21(27)19-20(14-4-7-16(24)8-5-14)26(23(29)22(19)28)18-11-13(2)31-25-18/h4-11,20,27H,1-3H3/t20-/m0/s1. The minimum atomic E-state index is -0.861. The van der Waals surface area contributed by atoms with Gasteiger partial charge in [0.2, 0.25) is 0 Å². The van der Waals surface area contributed by atoms with E-state index in [2.05, 4.69) is 21.1 Å². The normalized spacial score (nSPS) is 17.9. The summed E-state index contributed by atoms with van der Waals surface area (Å²) in [4.78, 5) is 27.3. The van der Waals surface area contributed by atoms with Crippen molar-refractivity contribution in [3.63, 3.8) is 0 Å². The molecule has 2 heterocycles. The second-order valence-corrected chi connectivity index (χ2v) is 8.12. The van der Waals surface area contributed by atoms with E-state index in [-0.39, 0.29) is 17.2 Å². The molecule has 158 valence electrons. The second kappa shape index (κ2) is 8.03. The highest BCUT2D eigenvalue weighted by atomic mass is 79.9. The summed E-state index contributed by atoms with van der Waals surface area (Å²) >= 11 is 3.40. The molecule has 0 saturated carbocycles. The van der Waals surface area contributed by atoms with Gasteiger partial charge in [0.05, 0.1) is 18.7 Å². The lowest BCUT2D eigenvalue weighted by Crippen LogP contribution is -2.29. The number of ketones is 1. The number of aryl methyl sites for hydroxylation is 2. The third-order valence-corrected chi connectivity index (χ3v) is 5.69. The minimum Gasteiger partial charge on any atom is -0.507 e. The Morgan fingerprint density at radius 1 is 1.13 bits per heavy atom. The highest BCUT2D eigenvalue weighted by Gasteiger charge is 2.48. The van der Waals surface area contributed by atoms with Crippen molar-refractivity contribution in [1.82, 2.24) is 5.16 Å². The van der Waals surface area contributed by atoms with Crippen molar-refractivity contribution in [2.75, 3.05) is 12.0 Å². The topological polar surface area (TPSA) is 92.9 Å². The number of aliphatic hydroxyl groups excluding tert-OH is 1. The van der Waals surface area contributed by atoms with E-state index in [1.54, 1.807) is 62.6 Å². The molecule has 8 heteroatoms. The molecule has 7 nitrogen and oxygen atoms in total. The van der Waals surface area contributed by atoms with Crippen LogP contribution in [0, 0.1) is 13.8 Å². The molecule has 1 N–H and O–H groups in total. The number of carbonyl (C=O) groups is 2. The third-order valence-electron chi connectivity index (χ3n) is 5.16. The molecular weight excluding hydrogens is 464 g/mol. The maximum absolute atomic E-state index is 13.1. The third kappa shape index (κ3) is 3.63. The van der Waals surface area contributed by atoms with Crippen molar-refractivity contribution >= 4 is 39.2 Å². The van der Waals surface area contributed by atoms with Crippen molar-refractivity contribution in [2.24, 2.45) is 0 Å². The van der Waals surface area contributed by atoms with E-state index in [9.17, 15) is 14.7 Å². The van der Waals surface area contributed by atoms with Crippen LogP contribution in [-0.2, 0) is 9.59 Å². The summed E-state index contributed by atoms with van der Waals surface area (Å²) in [5, 5.41) is 15.1. The van der Waals surface area contributed by atoms with Crippen LogP contribution >= 0.6 is 15.9 Å². The predicted molar refractivity (Wildman–Crippen MR) is 118 cm³/mol. The van der Waals surface area contributed by atoms with Crippen molar-refractivity contribution in [3.8, 4) is 5.75 Å². The Balaban J connectivity index is 1.93. The Kier molecular flexibility index (Phi) is 5.41. The van der Waals surface area contributed by atoms with Gasteiger partial charge in [0.15, 0.2) is 5.82 Å². The maximum Gasteiger partial charge on any atom is 0.301 e. The fourth-order valence-electron chi connectivity index (χ4n) is 3.68. The number of benzene rings is 2. The van der Waals surface area contributed by atoms with E-state index >= 15 is 0 Å². The number of anilines is 1. The molecule has 0 aliphatic carbocycles. The van der Waals surface area contributed by atoms with Gasteiger partial charge in [0, 0.05) is 16.1 Å². The van der Waals surface area contributed by atoms with Gasteiger partial charge >= 0.3 is 5.91 Å². The molecule has 1 atom stereocenters. The largest absolute Gasteiger partial charge is 0.507 e. The number of Topliss-reactive ketones (excluding diaryl/α,β-unsaturated/α-hetero) is 1. The van der Waals surface area contributed by atoms with Gasteiger partial charge in [-0.25, -0.2) is 0 Å². The molecule has 1 aliphatic heterocycles. The number of rotatable bonds is 4. The van der Waals surface area contributed by atoms with Gasteiger partial charge in [-0.3, -0.25) is 14.5 Å². The number of aliphatic hydroxyl groups is 1. The van der Waals surface area contributed by atoms with Crippen molar-refractivity contribution < 1.29 is 24.0 Å². The summed E-state index contributed by atoms with van der Waals surface area (Å²) in [5.41, 5.74) is 1.83. The van der Waals surface area contributed by atoms with E-state index in [1.807, 2.05) is 6.92 Å². The number of methoxy groups -OCH3 is 1. The second-order valence-electron chi connectivity index (χ2n) is 7.20. The number of hydrogen-bond donors (Lipinski definition) is 1. The van der Waals surface area contributed by atoms with Crippen molar-refractivity contribution in [1.29, 1.82) is 0 Å². The molecule has 1 aliphatic rings. The molecule has 1 amide bonds. The smallest absolute Gasteiger partial charge is 0.301 e. The fourth-order valence-corrected chi connectivity index (χ4v) is 3.94. The van der Waals surface area contributed by atoms with E-state index < -0.39 is 17.7 Å². The lowest BCUT2D eigenvalue weighted by molar-refractivity contribution is -0.132. The molecule has 0 radical (unpaired) electrons. The van der Waals surface area contributed by atoms with Crippen molar-refractivity contribution in [2.45, 2.75) is 19.9 Å².